The van der Waals surface area contributed by atoms with Gasteiger partial charge in [0.15, 0.2) is 0 Å². The first kappa shape index (κ1) is 15.9. The Kier molecular flexibility index (Phi) is 6.48. The van der Waals surface area contributed by atoms with E-state index in [-0.39, 0.29) is 17.9 Å². The van der Waals surface area contributed by atoms with E-state index >= 15 is 0 Å². The predicted molar refractivity (Wildman–Crippen MR) is 74.9 cm³/mol. The van der Waals surface area contributed by atoms with Gasteiger partial charge >= 0.3 is 12.0 Å². The summed E-state index contributed by atoms with van der Waals surface area (Å²) in [6.07, 6.45) is 0.850. The standard InChI is InChI=1S/C12H21N5O3/c1-5-7-20-12-16-10(13-4)15-11(17-12)14-8(3)9(18)19-6-2/h8H,5-7H2,1-4H3,(H2,13,14,15,16,17). The van der Waals surface area contributed by atoms with Crippen LogP contribution in [0, 0.1) is 0 Å². The lowest BCUT2D eigenvalue weighted by Crippen LogP contribution is -2.29. The zero-order valence-corrected chi connectivity index (χ0v) is 12.3. The highest BCUT2D eigenvalue weighted by Gasteiger charge is 2.16. The molecule has 1 unspecified atom stereocenters. The van der Waals surface area contributed by atoms with E-state index in [1.54, 1.807) is 20.9 Å². The van der Waals surface area contributed by atoms with Crippen molar-refractivity contribution in [2.24, 2.45) is 0 Å². The van der Waals surface area contributed by atoms with Crippen LogP contribution in [0.3, 0.4) is 0 Å². The lowest BCUT2D eigenvalue weighted by Gasteiger charge is -2.13. The van der Waals surface area contributed by atoms with Crippen LogP contribution >= 0.6 is 0 Å². The highest BCUT2D eigenvalue weighted by molar-refractivity contribution is 5.78. The van der Waals surface area contributed by atoms with Crippen molar-refractivity contribution in [1.82, 2.24) is 15.0 Å². The summed E-state index contributed by atoms with van der Waals surface area (Å²) in [5.41, 5.74) is 0. The number of hydrogen-bond donors (Lipinski definition) is 2. The molecule has 1 rings (SSSR count). The highest BCUT2D eigenvalue weighted by atomic mass is 16.5. The Morgan fingerprint density at radius 1 is 1.25 bits per heavy atom. The topological polar surface area (TPSA) is 98.3 Å². The molecule has 20 heavy (non-hydrogen) atoms. The van der Waals surface area contributed by atoms with Crippen molar-refractivity contribution in [2.45, 2.75) is 33.2 Å². The van der Waals surface area contributed by atoms with Crippen molar-refractivity contribution in [2.75, 3.05) is 30.9 Å². The maximum atomic E-state index is 11.6. The molecule has 0 aliphatic rings. The number of esters is 1. The van der Waals surface area contributed by atoms with Gasteiger partial charge in [-0.15, -0.1) is 0 Å². The molecular formula is C12H21N5O3. The van der Waals surface area contributed by atoms with Gasteiger partial charge in [-0.05, 0) is 20.3 Å². The maximum absolute atomic E-state index is 11.6. The Balaban J connectivity index is 2.79. The molecule has 1 atom stereocenters. The summed E-state index contributed by atoms with van der Waals surface area (Å²) in [4.78, 5) is 23.8. The maximum Gasteiger partial charge on any atom is 0.328 e. The number of carbonyl (C=O) groups is 1. The summed E-state index contributed by atoms with van der Waals surface area (Å²) in [7, 11) is 1.69. The van der Waals surface area contributed by atoms with Crippen LogP contribution in [0.5, 0.6) is 6.01 Å². The summed E-state index contributed by atoms with van der Waals surface area (Å²) < 4.78 is 10.3. The number of carbonyl (C=O) groups excluding carboxylic acids is 1. The van der Waals surface area contributed by atoms with E-state index in [1.165, 1.54) is 0 Å². The monoisotopic (exact) mass is 283 g/mol. The molecule has 0 saturated heterocycles. The summed E-state index contributed by atoms with van der Waals surface area (Å²) in [5.74, 6) is 0.260. The van der Waals surface area contributed by atoms with Crippen molar-refractivity contribution in [1.29, 1.82) is 0 Å². The predicted octanol–water partition coefficient (Wildman–Crippen LogP) is 1.07. The number of hydrogen-bond acceptors (Lipinski definition) is 8. The van der Waals surface area contributed by atoms with E-state index in [9.17, 15) is 4.79 Å². The van der Waals surface area contributed by atoms with Crippen molar-refractivity contribution in [3.63, 3.8) is 0 Å². The second-order valence-corrected chi connectivity index (χ2v) is 3.98. The summed E-state index contributed by atoms with van der Waals surface area (Å²) in [6.45, 7) is 6.26. The van der Waals surface area contributed by atoms with Crippen molar-refractivity contribution >= 4 is 17.9 Å². The molecule has 1 heterocycles. The van der Waals surface area contributed by atoms with Gasteiger partial charge in [0.25, 0.3) is 0 Å². The molecule has 0 aliphatic carbocycles. The number of nitrogens with one attached hydrogen (secondary N) is 2. The van der Waals surface area contributed by atoms with E-state index in [1.807, 2.05) is 6.92 Å². The van der Waals surface area contributed by atoms with E-state index in [0.717, 1.165) is 6.42 Å². The van der Waals surface area contributed by atoms with Crippen LogP contribution in [0.1, 0.15) is 27.2 Å². The molecule has 0 fully saturated rings. The molecule has 0 saturated carbocycles. The molecule has 8 nitrogen and oxygen atoms in total. The molecule has 1 aromatic rings. The van der Waals surface area contributed by atoms with Gasteiger partial charge < -0.3 is 20.1 Å². The third kappa shape index (κ3) is 4.87. The molecular weight excluding hydrogens is 262 g/mol. The fraction of sp³-hybridized carbons (Fsp3) is 0.667. The van der Waals surface area contributed by atoms with Crippen LogP contribution < -0.4 is 15.4 Å². The fourth-order valence-electron chi connectivity index (χ4n) is 1.31. The molecule has 0 amide bonds. The van der Waals surface area contributed by atoms with Gasteiger partial charge in [-0.25, -0.2) is 4.79 Å². The van der Waals surface area contributed by atoms with E-state index in [2.05, 4.69) is 25.6 Å². The molecule has 0 aromatic carbocycles. The number of ether oxygens (including phenoxy) is 2. The number of nitrogens with zero attached hydrogens (tertiary/aromatic N) is 3. The van der Waals surface area contributed by atoms with Gasteiger partial charge in [-0.1, -0.05) is 6.92 Å². The largest absolute Gasteiger partial charge is 0.464 e. The molecule has 8 heteroatoms. The van der Waals surface area contributed by atoms with E-state index in [4.69, 9.17) is 9.47 Å². The van der Waals surface area contributed by atoms with Crippen LogP contribution in [0.25, 0.3) is 0 Å². The van der Waals surface area contributed by atoms with Crippen LogP contribution in [0.15, 0.2) is 0 Å². The first-order chi connectivity index (χ1) is 9.60. The Hall–Kier alpha value is -2.12. The summed E-state index contributed by atoms with van der Waals surface area (Å²) in [5, 5.41) is 5.67. The molecule has 1 aromatic heterocycles. The quantitative estimate of drug-likeness (QED) is 0.683. The minimum atomic E-state index is -0.555. The van der Waals surface area contributed by atoms with E-state index in [0.29, 0.717) is 19.2 Å². The Labute approximate surface area is 118 Å². The number of rotatable bonds is 8. The van der Waals surface area contributed by atoms with Crippen LogP contribution in [0.2, 0.25) is 0 Å². The molecule has 0 bridgehead atoms. The van der Waals surface area contributed by atoms with Crippen molar-refractivity contribution in [3.05, 3.63) is 0 Å². The Morgan fingerprint density at radius 3 is 2.55 bits per heavy atom. The first-order valence-electron chi connectivity index (χ1n) is 6.60. The van der Waals surface area contributed by atoms with Crippen molar-refractivity contribution < 1.29 is 14.3 Å². The average Bonchev–Trinajstić information content (AvgIpc) is 2.45. The van der Waals surface area contributed by atoms with Gasteiger partial charge in [0, 0.05) is 7.05 Å². The SMILES string of the molecule is CCCOc1nc(NC)nc(NC(C)C(=O)OCC)n1. The number of aromatic nitrogens is 3. The zero-order chi connectivity index (χ0) is 15.0. The van der Waals surface area contributed by atoms with Gasteiger partial charge in [0.2, 0.25) is 11.9 Å². The first-order valence-corrected chi connectivity index (χ1v) is 6.60. The lowest BCUT2D eigenvalue weighted by molar-refractivity contribution is -0.143. The Morgan fingerprint density at radius 2 is 1.95 bits per heavy atom. The Bertz CT molecular complexity index is 441. The highest BCUT2D eigenvalue weighted by Crippen LogP contribution is 2.12. The lowest BCUT2D eigenvalue weighted by atomic mass is 10.3. The minimum Gasteiger partial charge on any atom is -0.464 e. The van der Waals surface area contributed by atoms with Gasteiger partial charge in [-0.2, -0.15) is 15.0 Å². The molecule has 0 aliphatic heterocycles. The fourth-order valence-corrected chi connectivity index (χ4v) is 1.31. The molecule has 0 spiro atoms. The molecule has 0 radical (unpaired) electrons. The minimum absolute atomic E-state index is 0.213. The molecule has 2 N–H and O–H groups in total. The third-order valence-corrected chi connectivity index (χ3v) is 2.26. The van der Waals surface area contributed by atoms with Gasteiger partial charge in [0.1, 0.15) is 6.04 Å². The normalized spacial score (nSPS) is 11.6. The average molecular weight is 283 g/mol. The zero-order valence-electron chi connectivity index (χ0n) is 12.3. The smallest absolute Gasteiger partial charge is 0.328 e. The van der Waals surface area contributed by atoms with Gasteiger partial charge in [-0.3, -0.25) is 0 Å². The second-order valence-electron chi connectivity index (χ2n) is 3.98. The third-order valence-electron chi connectivity index (χ3n) is 2.26. The van der Waals surface area contributed by atoms with Crippen LogP contribution in [0.4, 0.5) is 11.9 Å². The van der Waals surface area contributed by atoms with Crippen molar-refractivity contribution in [3.8, 4) is 6.01 Å². The van der Waals surface area contributed by atoms with Crippen LogP contribution in [-0.2, 0) is 9.53 Å². The van der Waals surface area contributed by atoms with E-state index < -0.39 is 6.04 Å². The van der Waals surface area contributed by atoms with Gasteiger partial charge in [0.05, 0.1) is 13.2 Å². The molecule has 112 valence electrons. The second kappa shape index (κ2) is 8.13. The summed E-state index contributed by atoms with van der Waals surface area (Å²) >= 11 is 0. The number of anilines is 2. The van der Waals surface area contributed by atoms with Crippen LogP contribution in [-0.4, -0.2) is 47.2 Å². The summed E-state index contributed by atoms with van der Waals surface area (Å²) in [6, 6.07) is -0.342.